The van der Waals surface area contributed by atoms with Crippen molar-refractivity contribution in [1.29, 1.82) is 0 Å². The van der Waals surface area contributed by atoms with Crippen LogP contribution in [0.2, 0.25) is 0 Å². The number of anilines is 2. The van der Waals surface area contributed by atoms with Gasteiger partial charge in [0, 0.05) is 31.9 Å². The van der Waals surface area contributed by atoms with E-state index in [4.69, 9.17) is 20.7 Å². The first-order valence-electron chi connectivity index (χ1n) is 12.5. The van der Waals surface area contributed by atoms with Gasteiger partial charge in [-0.15, -0.1) is 0 Å². The summed E-state index contributed by atoms with van der Waals surface area (Å²) in [6, 6.07) is 9.13. The molecular formula is C28H32FN7. The van der Waals surface area contributed by atoms with Crippen LogP contribution >= 0.6 is 0 Å². The molecule has 1 saturated heterocycles. The van der Waals surface area contributed by atoms with E-state index in [2.05, 4.69) is 20.9 Å². The Labute approximate surface area is 211 Å². The fourth-order valence-corrected chi connectivity index (χ4v) is 6.44. The summed E-state index contributed by atoms with van der Waals surface area (Å²) in [5.74, 6) is 1.64. The van der Waals surface area contributed by atoms with Crippen LogP contribution in [0.4, 0.5) is 15.9 Å². The lowest BCUT2D eigenvalue weighted by Gasteiger charge is -2.42. The van der Waals surface area contributed by atoms with Gasteiger partial charge in [-0.2, -0.15) is 0 Å². The monoisotopic (exact) mass is 485 g/mol. The van der Waals surface area contributed by atoms with E-state index in [0.29, 0.717) is 6.54 Å². The molecule has 2 N–H and O–H groups in total. The van der Waals surface area contributed by atoms with Crippen LogP contribution in [0.3, 0.4) is 0 Å². The molecule has 0 amide bonds. The summed E-state index contributed by atoms with van der Waals surface area (Å²) in [4.78, 5) is 23.8. The Kier molecular flexibility index (Phi) is 5.52. The first-order chi connectivity index (χ1) is 17.1. The molecule has 2 aromatic heterocycles. The summed E-state index contributed by atoms with van der Waals surface area (Å²) in [5.41, 5.74) is 12.9. The molecule has 3 aromatic rings. The number of aryl methyl sites for hydroxylation is 1. The van der Waals surface area contributed by atoms with E-state index in [0.717, 1.165) is 97.3 Å². The highest BCUT2D eigenvalue weighted by atomic mass is 19.1. The second kappa shape index (κ2) is 8.62. The number of halogens is 1. The molecule has 7 rings (SSSR count). The summed E-state index contributed by atoms with van der Waals surface area (Å²) in [7, 11) is 0. The third-order valence-corrected chi connectivity index (χ3v) is 8.36. The van der Waals surface area contributed by atoms with Crippen molar-refractivity contribution < 1.29 is 4.39 Å². The summed E-state index contributed by atoms with van der Waals surface area (Å²) in [6.07, 6.45) is 8.58. The van der Waals surface area contributed by atoms with Crippen LogP contribution in [-0.2, 0) is 19.4 Å². The van der Waals surface area contributed by atoms with Crippen LogP contribution in [0.25, 0.3) is 0 Å². The maximum Gasteiger partial charge on any atom is 0.156 e. The van der Waals surface area contributed by atoms with Crippen LogP contribution < -0.4 is 15.5 Å². The minimum absolute atomic E-state index is 0. The lowest BCUT2D eigenvalue weighted by atomic mass is 9.73. The topological polar surface area (TPSA) is 83.5 Å². The molecule has 0 unspecified atom stereocenters. The number of aromatic nitrogens is 3. The fraction of sp³-hybridized carbons (Fsp3) is 0.429. The predicted molar refractivity (Wildman–Crippen MR) is 140 cm³/mol. The van der Waals surface area contributed by atoms with Gasteiger partial charge < -0.3 is 15.5 Å². The van der Waals surface area contributed by atoms with Crippen molar-refractivity contribution in [2.24, 2.45) is 16.1 Å². The first-order valence-corrected chi connectivity index (χ1v) is 12.5. The van der Waals surface area contributed by atoms with Crippen molar-refractivity contribution in [3.63, 3.8) is 0 Å². The van der Waals surface area contributed by atoms with E-state index in [1.54, 1.807) is 6.07 Å². The number of fused-ring (bicyclic) bond motifs is 3. The van der Waals surface area contributed by atoms with Crippen LogP contribution in [0.15, 0.2) is 47.7 Å². The van der Waals surface area contributed by atoms with E-state index in [1.165, 1.54) is 6.07 Å². The number of nitrogens with two attached hydrogens (primary N) is 1. The number of hydrogen-bond donors (Lipinski definition) is 1. The highest BCUT2D eigenvalue weighted by Gasteiger charge is 2.46. The molecule has 3 aliphatic heterocycles. The third-order valence-electron chi connectivity index (χ3n) is 8.36. The molecule has 1 fully saturated rings. The largest absolute Gasteiger partial charge is 0.355 e. The number of piperidine rings is 1. The molecule has 8 heteroatoms. The van der Waals surface area contributed by atoms with Gasteiger partial charge in [-0.05, 0) is 72.9 Å². The maximum absolute atomic E-state index is 13.8. The average molecular weight is 486 g/mol. The molecule has 5 heterocycles. The lowest BCUT2D eigenvalue weighted by molar-refractivity contribution is 0.187. The van der Waals surface area contributed by atoms with Crippen LogP contribution in [0.1, 0.15) is 60.9 Å². The second-order valence-corrected chi connectivity index (χ2v) is 10.2. The molecule has 1 aromatic carbocycles. The summed E-state index contributed by atoms with van der Waals surface area (Å²) in [5, 5.41) is 0. The summed E-state index contributed by atoms with van der Waals surface area (Å²) < 4.78 is 13.8. The van der Waals surface area contributed by atoms with Gasteiger partial charge in [-0.3, -0.25) is 9.98 Å². The Morgan fingerprint density at radius 1 is 1.06 bits per heavy atom. The summed E-state index contributed by atoms with van der Waals surface area (Å²) in [6.45, 7) is 3.22. The quantitative estimate of drug-likeness (QED) is 0.556. The normalized spacial score (nSPS) is 21.5. The molecule has 0 radical (unpaired) electrons. The van der Waals surface area contributed by atoms with Gasteiger partial charge in [0.1, 0.15) is 17.3 Å². The van der Waals surface area contributed by atoms with Crippen LogP contribution in [0.5, 0.6) is 0 Å². The molecule has 0 bridgehead atoms. The lowest BCUT2D eigenvalue weighted by Crippen LogP contribution is -2.44. The highest BCUT2D eigenvalue weighted by molar-refractivity contribution is 6.11. The number of amidine groups is 1. The number of nitrogens with zero attached hydrogens (tertiary/aromatic N) is 6. The number of rotatable bonds is 1. The van der Waals surface area contributed by atoms with Gasteiger partial charge in [0.05, 0.1) is 29.8 Å². The zero-order chi connectivity index (χ0) is 23.6. The first kappa shape index (κ1) is 23.0. The van der Waals surface area contributed by atoms with Crippen LogP contribution in [-0.4, -0.2) is 40.4 Å². The molecule has 4 aliphatic rings. The molecule has 1 spiro atoms. The van der Waals surface area contributed by atoms with E-state index >= 15 is 0 Å². The fourth-order valence-electron chi connectivity index (χ4n) is 6.44. The Bertz CT molecular complexity index is 1350. The van der Waals surface area contributed by atoms with Gasteiger partial charge in [-0.1, -0.05) is 13.5 Å². The standard InChI is InChI=1S/C27H28FN7.CH4/c28-18-5-6-19-17(13-18)14-27(25(19)29)7-11-34(12-8-27)23-16-31-24-21(33-23)15-32-26(24)35-10-2-3-20-22(35)4-1-9-30-20;/h1,4-6,9,13,16,25H,2-3,7-8,10-12,14-15,29H2;1H4/t25-;/m1./s1. The molecule has 1 aliphatic carbocycles. The Morgan fingerprint density at radius 3 is 2.78 bits per heavy atom. The summed E-state index contributed by atoms with van der Waals surface area (Å²) >= 11 is 0. The molecule has 1 atom stereocenters. The molecule has 7 nitrogen and oxygen atoms in total. The SMILES string of the molecule is C.N[C@@H]1c2ccc(F)cc2CC12CCN(c1cnc3c(n1)CN=C3N1CCCc3ncccc31)CC2. The Morgan fingerprint density at radius 2 is 1.92 bits per heavy atom. The van der Waals surface area contributed by atoms with Gasteiger partial charge in [-0.25, -0.2) is 14.4 Å². The minimum atomic E-state index is -0.176. The van der Waals surface area contributed by atoms with Crippen LogP contribution in [0, 0.1) is 11.2 Å². The van der Waals surface area contributed by atoms with E-state index in [-0.39, 0.29) is 24.7 Å². The van der Waals surface area contributed by atoms with Gasteiger partial charge in [0.2, 0.25) is 0 Å². The number of aliphatic imine (C=N–C) groups is 1. The van der Waals surface area contributed by atoms with Crippen molar-refractivity contribution in [3.8, 4) is 0 Å². The third kappa shape index (κ3) is 3.50. The van der Waals surface area contributed by atoms with Gasteiger partial charge >= 0.3 is 0 Å². The molecule has 186 valence electrons. The number of hydrogen-bond acceptors (Lipinski definition) is 7. The molecular weight excluding hydrogens is 453 g/mol. The van der Waals surface area contributed by atoms with Crippen molar-refractivity contribution in [1.82, 2.24) is 15.0 Å². The van der Waals surface area contributed by atoms with E-state index in [9.17, 15) is 4.39 Å². The zero-order valence-electron chi connectivity index (χ0n) is 19.6. The average Bonchev–Trinajstić information content (AvgIpc) is 3.42. The van der Waals surface area contributed by atoms with Crippen molar-refractivity contribution in [2.75, 3.05) is 29.4 Å². The molecule has 36 heavy (non-hydrogen) atoms. The number of pyridine rings is 1. The second-order valence-electron chi connectivity index (χ2n) is 10.2. The van der Waals surface area contributed by atoms with Gasteiger partial charge in [0.25, 0.3) is 0 Å². The zero-order valence-corrected chi connectivity index (χ0v) is 19.6. The Hall–Kier alpha value is -3.39. The smallest absolute Gasteiger partial charge is 0.156 e. The maximum atomic E-state index is 13.8. The van der Waals surface area contributed by atoms with Crippen molar-refractivity contribution >= 4 is 17.3 Å². The van der Waals surface area contributed by atoms with Gasteiger partial charge in [0.15, 0.2) is 5.84 Å². The highest BCUT2D eigenvalue weighted by Crippen LogP contribution is 2.51. The van der Waals surface area contributed by atoms with E-state index in [1.807, 2.05) is 24.5 Å². The Balaban J connectivity index is 0.00000240. The molecule has 0 saturated carbocycles. The number of benzene rings is 1. The minimum Gasteiger partial charge on any atom is -0.355 e. The van der Waals surface area contributed by atoms with E-state index < -0.39 is 0 Å². The van der Waals surface area contributed by atoms with Crippen molar-refractivity contribution in [3.05, 3.63) is 76.8 Å². The predicted octanol–water partition coefficient (Wildman–Crippen LogP) is 4.20. The van der Waals surface area contributed by atoms with Crippen molar-refractivity contribution in [2.45, 2.75) is 52.1 Å².